The zero-order valence-electron chi connectivity index (χ0n) is 13.5. The van der Waals surface area contributed by atoms with Crippen LogP contribution in [0.2, 0.25) is 0 Å². The first kappa shape index (κ1) is 17.1. The Kier molecular flexibility index (Phi) is 5.59. The van der Waals surface area contributed by atoms with E-state index >= 15 is 0 Å². The van der Waals surface area contributed by atoms with Crippen molar-refractivity contribution in [1.29, 1.82) is 0 Å². The summed E-state index contributed by atoms with van der Waals surface area (Å²) in [7, 11) is 0. The highest BCUT2D eigenvalue weighted by atomic mass is 32.2. The van der Waals surface area contributed by atoms with Gasteiger partial charge in [-0.3, -0.25) is 0 Å². The Balaban J connectivity index is 1.83. The molecule has 0 spiro atoms. The van der Waals surface area contributed by atoms with Crippen molar-refractivity contribution in [1.82, 2.24) is 0 Å². The Labute approximate surface area is 150 Å². The molecule has 0 aromatic heterocycles. The van der Waals surface area contributed by atoms with Gasteiger partial charge in [0.25, 0.3) is 0 Å². The molecule has 0 saturated carbocycles. The molecule has 2 aromatic carbocycles. The summed E-state index contributed by atoms with van der Waals surface area (Å²) in [6, 6.07) is 14.8. The van der Waals surface area contributed by atoms with Gasteiger partial charge in [0.15, 0.2) is 0 Å². The van der Waals surface area contributed by atoms with Crippen molar-refractivity contribution in [2.45, 2.75) is 24.7 Å². The van der Waals surface area contributed by atoms with Crippen LogP contribution in [0.3, 0.4) is 0 Å². The van der Waals surface area contributed by atoms with Crippen LogP contribution in [0.15, 0.2) is 80.9 Å². The van der Waals surface area contributed by atoms with Gasteiger partial charge in [0, 0.05) is 4.90 Å². The smallest absolute Gasteiger partial charge is 0.123 e. The number of benzene rings is 2. The molecular weight excluding hydrogens is 337 g/mol. The Morgan fingerprint density at radius 2 is 1.79 bits per heavy atom. The molecule has 1 heterocycles. The first-order valence-electron chi connectivity index (χ1n) is 7.73. The summed E-state index contributed by atoms with van der Waals surface area (Å²) in [5.74, 6) is -0.210. The standard InChI is InChI=1S/C20H18FNS2/c1-14-3-9-18(10-4-14)22-20-16(6-5-15(2)24-20)13-23-19-11-7-17(21)8-12-19/h3-4,7-13H,2,5-6H2,1H3. The van der Waals surface area contributed by atoms with Crippen LogP contribution in [0, 0.1) is 12.7 Å². The molecule has 0 radical (unpaired) electrons. The molecule has 1 fully saturated rings. The van der Waals surface area contributed by atoms with Crippen molar-refractivity contribution in [3.8, 4) is 0 Å². The van der Waals surface area contributed by atoms with Crippen LogP contribution in [0.4, 0.5) is 10.1 Å². The number of hydrogen-bond acceptors (Lipinski definition) is 3. The first-order valence-corrected chi connectivity index (χ1v) is 9.42. The third-order valence-electron chi connectivity index (χ3n) is 3.60. The molecule has 4 heteroatoms. The Morgan fingerprint density at radius 1 is 1.08 bits per heavy atom. The topological polar surface area (TPSA) is 12.4 Å². The Bertz CT molecular complexity index is 789. The summed E-state index contributed by atoms with van der Waals surface area (Å²) in [6.07, 6.45) is 1.90. The van der Waals surface area contributed by atoms with E-state index in [-0.39, 0.29) is 5.82 Å². The zero-order chi connectivity index (χ0) is 16.9. The van der Waals surface area contributed by atoms with E-state index < -0.39 is 0 Å². The molecule has 0 bridgehead atoms. The summed E-state index contributed by atoms with van der Waals surface area (Å²) >= 11 is 3.25. The molecule has 122 valence electrons. The van der Waals surface area contributed by atoms with Gasteiger partial charge >= 0.3 is 0 Å². The lowest BCUT2D eigenvalue weighted by molar-refractivity contribution is 0.626. The largest absolute Gasteiger partial charge is 0.241 e. The number of halogens is 1. The van der Waals surface area contributed by atoms with E-state index in [4.69, 9.17) is 4.99 Å². The average molecular weight is 356 g/mol. The highest BCUT2D eigenvalue weighted by Crippen LogP contribution is 2.37. The predicted molar refractivity (Wildman–Crippen MR) is 105 cm³/mol. The average Bonchev–Trinajstić information content (AvgIpc) is 2.58. The van der Waals surface area contributed by atoms with Crippen LogP contribution in [0.25, 0.3) is 0 Å². The quantitative estimate of drug-likeness (QED) is 0.556. The van der Waals surface area contributed by atoms with Crippen LogP contribution in [-0.4, -0.2) is 5.04 Å². The van der Waals surface area contributed by atoms with Crippen molar-refractivity contribution < 1.29 is 4.39 Å². The van der Waals surface area contributed by atoms with Crippen LogP contribution >= 0.6 is 23.5 Å². The number of aliphatic imine (C=N–C) groups is 1. The second kappa shape index (κ2) is 7.86. The normalized spacial score (nSPS) is 18.3. The molecule has 0 amide bonds. The van der Waals surface area contributed by atoms with Crippen molar-refractivity contribution >= 4 is 34.3 Å². The van der Waals surface area contributed by atoms with Gasteiger partial charge in [-0.25, -0.2) is 9.38 Å². The van der Waals surface area contributed by atoms with Crippen molar-refractivity contribution in [2.75, 3.05) is 0 Å². The van der Waals surface area contributed by atoms with Gasteiger partial charge in [-0.05, 0) is 72.0 Å². The van der Waals surface area contributed by atoms with Gasteiger partial charge in [-0.15, -0.1) is 0 Å². The molecule has 0 aliphatic carbocycles. The number of thioether (sulfide) groups is 2. The zero-order valence-corrected chi connectivity index (χ0v) is 15.1. The van der Waals surface area contributed by atoms with Crippen LogP contribution in [0.1, 0.15) is 18.4 Å². The summed E-state index contributed by atoms with van der Waals surface area (Å²) in [5, 5.41) is 3.13. The van der Waals surface area contributed by atoms with Crippen molar-refractivity contribution in [2.24, 2.45) is 4.99 Å². The minimum Gasteiger partial charge on any atom is -0.241 e. The number of nitrogens with zero attached hydrogens (tertiary/aromatic N) is 1. The third-order valence-corrected chi connectivity index (χ3v) is 5.59. The Morgan fingerprint density at radius 3 is 2.50 bits per heavy atom. The van der Waals surface area contributed by atoms with E-state index in [1.165, 1.54) is 23.3 Å². The van der Waals surface area contributed by atoms with Gasteiger partial charge in [0.2, 0.25) is 0 Å². The lowest BCUT2D eigenvalue weighted by atomic mass is 10.1. The van der Waals surface area contributed by atoms with E-state index in [0.717, 1.165) is 33.4 Å². The van der Waals surface area contributed by atoms with E-state index in [0.29, 0.717) is 0 Å². The Hall–Kier alpha value is -1.78. The molecule has 1 nitrogen and oxygen atoms in total. The van der Waals surface area contributed by atoms with Crippen LogP contribution in [0.5, 0.6) is 0 Å². The fourth-order valence-corrected chi connectivity index (χ4v) is 4.02. The molecule has 1 saturated heterocycles. The summed E-state index contributed by atoms with van der Waals surface area (Å²) in [4.78, 5) is 6.96. The van der Waals surface area contributed by atoms with Gasteiger partial charge in [-0.1, -0.05) is 47.8 Å². The van der Waals surface area contributed by atoms with Crippen LogP contribution < -0.4 is 0 Å². The molecule has 24 heavy (non-hydrogen) atoms. The monoisotopic (exact) mass is 355 g/mol. The van der Waals surface area contributed by atoms with Gasteiger partial charge in [0.05, 0.1) is 5.69 Å². The minimum atomic E-state index is -0.210. The van der Waals surface area contributed by atoms with Gasteiger partial charge in [-0.2, -0.15) is 0 Å². The SMILES string of the molecule is C=C1CCC(=CSc2ccc(F)cc2)C(=Nc2ccc(C)cc2)S1. The molecule has 0 unspecified atom stereocenters. The molecule has 3 rings (SSSR count). The first-order chi connectivity index (χ1) is 11.6. The van der Waals surface area contributed by atoms with Crippen molar-refractivity contribution in [3.05, 3.63) is 82.4 Å². The summed E-state index contributed by atoms with van der Waals surface area (Å²) in [5.41, 5.74) is 3.39. The number of hydrogen-bond donors (Lipinski definition) is 0. The maximum absolute atomic E-state index is 13.0. The summed E-state index contributed by atoms with van der Waals surface area (Å²) in [6.45, 7) is 6.16. The van der Waals surface area contributed by atoms with E-state index in [1.807, 2.05) is 12.1 Å². The lowest BCUT2D eigenvalue weighted by Gasteiger charge is -2.18. The minimum absolute atomic E-state index is 0.210. The van der Waals surface area contributed by atoms with E-state index in [2.05, 4.69) is 31.0 Å². The number of aryl methyl sites for hydroxylation is 1. The number of allylic oxidation sites excluding steroid dienone is 1. The predicted octanol–water partition coefficient (Wildman–Crippen LogP) is 6.88. The molecule has 0 atom stereocenters. The second-order valence-electron chi connectivity index (χ2n) is 5.61. The second-order valence-corrected chi connectivity index (χ2v) is 7.72. The van der Waals surface area contributed by atoms with Crippen molar-refractivity contribution in [3.63, 3.8) is 0 Å². The fraction of sp³-hybridized carbons (Fsp3) is 0.150. The molecule has 1 aliphatic heterocycles. The van der Waals surface area contributed by atoms with Crippen LogP contribution in [-0.2, 0) is 0 Å². The number of rotatable bonds is 3. The molecular formula is C20H18FNS2. The summed E-state index contributed by atoms with van der Waals surface area (Å²) < 4.78 is 13.0. The van der Waals surface area contributed by atoms with Gasteiger partial charge < -0.3 is 0 Å². The van der Waals surface area contributed by atoms with E-state index in [1.54, 1.807) is 35.7 Å². The molecule has 1 aliphatic rings. The molecule has 0 N–H and O–H groups in total. The van der Waals surface area contributed by atoms with Gasteiger partial charge in [0.1, 0.15) is 10.9 Å². The maximum atomic E-state index is 13.0. The molecule has 2 aromatic rings. The lowest BCUT2D eigenvalue weighted by Crippen LogP contribution is -2.04. The fourth-order valence-electron chi connectivity index (χ4n) is 2.23. The third kappa shape index (κ3) is 4.62. The highest BCUT2D eigenvalue weighted by molar-refractivity contribution is 8.17. The van der Waals surface area contributed by atoms with E-state index in [9.17, 15) is 4.39 Å². The highest BCUT2D eigenvalue weighted by Gasteiger charge is 2.17. The maximum Gasteiger partial charge on any atom is 0.123 e.